The third kappa shape index (κ3) is 3.48. The fraction of sp³-hybridized carbons (Fsp3) is 0.643. The van der Waals surface area contributed by atoms with E-state index in [1.54, 1.807) is 6.07 Å². The van der Waals surface area contributed by atoms with Crippen molar-refractivity contribution in [3.63, 3.8) is 0 Å². The molecule has 0 radical (unpaired) electrons. The van der Waals surface area contributed by atoms with Gasteiger partial charge in [-0.05, 0) is 30.2 Å². The van der Waals surface area contributed by atoms with Crippen LogP contribution in [0.15, 0.2) is 6.07 Å². The monoisotopic (exact) mass is 320 g/mol. The molecule has 0 spiro atoms. The van der Waals surface area contributed by atoms with E-state index in [2.05, 4.69) is 30.7 Å². The van der Waals surface area contributed by atoms with Crippen LogP contribution in [0, 0.1) is 11.3 Å². The Labute approximate surface area is 130 Å². The Kier molecular flexibility index (Phi) is 4.54. The van der Waals surface area contributed by atoms with Crippen LogP contribution in [0.5, 0.6) is 0 Å². The molecule has 1 aromatic heterocycles. The molecule has 5 heteroatoms. The summed E-state index contributed by atoms with van der Waals surface area (Å²) in [4.78, 5) is 6.51. The predicted molar refractivity (Wildman–Crippen MR) is 83.7 cm³/mol. The predicted octanol–water partition coefficient (Wildman–Crippen LogP) is 5.30. The highest BCUT2D eigenvalue weighted by Gasteiger charge is 2.29. The van der Waals surface area contributed by atoms with Gasteiger partial charge in [0.2, 0.25) is 0 Å². The van der Waals surface area contributed by atoms with E-state index in [1.165, 1.54) is 0 Å². The van der Waals surface area contributed by atoms with E-state index >= 15 is 0 Å². The normalized spacial score (nSPS) is 17.9. The molecule has 1 saturated heterocycles. The molecule has 1 aliphatic rings. The number of aromatic nitrogens is 1. The Bertz CT molecular complexity index is 460. The molecule has 0 atom stereocenters. The second-order valence-electron chi connectivity index (χ2n) is 6.19. The average molecular weight is 322 g/mol. The van der Waals surface area contributed by atoms with Gasteiger partial charge in [-0.15, -0.1) is 0 Å². The smallest absolute Gasteiger partial charge is 0.150 e. The molecule has 1 fully saturated rings. The van der Waals surface area contributed by atoms with Crippen LogP contribution in [0.3, 0.4) is 0 Å². The summed E-state index contributed by atoms with van der Waals surface area (Å²) in [5.74, 6) is 1.49. The number of pyridine rings is 1. The van der Waals surface area contributed by atoms with E-state index in [1.807, 2.05) is 0 Å². The standard InChI is InChI=1S/C14H19Cl3N2/c1-14(2,3)9-4-6-19(7-5-9)13-11(16)8-10(15)12(17)18-13/h8-9H,4-7H2,1-3H3. The van der Waals surface area contributed by atoms with Crippen LogP contribution >= 0.6 is 34.8 Å². The van der Waals surface area contributed by atoms with Crippen LogP contribution in [0.4, 0.5) is 5.82 Å². The molecule has 2 nitrogen and oxygen atoms in total. The van der Waals surface area contributed by atoms with Gasteiger partial charge in [-0.3, -0.25) is 0 Å². The zero-order valence-corrected chi connectivity index (χ0v) is 13.8. The first-order valence-corrected chi connectivity index (χ1v) is 7.69. The summed E-state index contributed by atoms with van der Waals surface area (Å²) in [7, 11) is 0. The van der Waals surface area contributed by atoms with Gasteiger partial charge in [0.15, 0.2) is 0 Å². The van der Waals surface area contributed by atoms with Gasteiger partial charge in [0.05, 0.1) is 10.0 Å². The van der Waals surface area contributed by atoms with Crippen LogP contribution in [-0.4, -0.2) is 18.1 Å². The molecule has 1 aromatic rings. The molecule has 0 amide bonds. The van der Waals surface area contributed by atoms with Gasteiger partial charge in [0, 0.05) is 13.1 Å². The van der Waals surface area contributed by atoms with Crippen molar-refractivity contribution in [3.8, 4) is 0 Å². The summed E-state index contributed by atoms with van der Waals surface area (Å²) in [5, 5.41) is 1.29. The van der Waals surface area contributed by atoms with Gasteiger partial charge in [-0.2, -0.15) is 0 Å². The molecular weight excluding hydrogens is 303 g/mol. The Morgan fingerprint density at radius 1 is 1.11 bits per heavy atom. The van der Waals surface area contributed by atoms with E-state index in [0.29, 0.717) is 20.6 Å². The Balaban J connectivity index is 2.12. The number of piperidine rings is 1. The minimum absolute atomic E-state index is 0.319. The SMILES string of the molecule is CC(C)(C)C1CCN(c2nc(Cl)c(Cl)cc2Cl)CC1. The van der Waals surface area contributed by atoms with Crippen molar-refractivity contribution in [2.24, 2.45) is 11.3 Å². The zero-order chi connectivity index (χ0) is 14.2. The second-order valence-corrected chi connectivity index (χ2v) is 7.37. The van der Waals surface area contributed by atoms with Gasteiger partial charge in [-0.25, -0.2) is 4.98 Å². The van der Waals surface area contributed by atoms with Crippen LogP contribution in [0.2, 0.25) is 15.2 Å². The number of anilines is 1. The molecule has 0 unspecified atom stereocenters. The molecule has 0 bridgehead atoms. The summed E-state index contributed by atoms with van der Waals surface area (Å²) < 4.78 is 0. The Morgan fingerprint density at radius 2 is 1.68 bits per heavy atom. The van der Waals surface area contributed by atoms with E-state index in [0.717, 1.165) is 37.7 Å². The lowest BCUT2D eigenvalue weighted by Gasteiger charge is -2.39. The first kappa shape index (κ1) is 15.2. The van der Waals surface area contributed by atoms with Gasteiger partial charge in [-0.1, -0.05) is 55.6 Å². The van der Waals surface area contributed by atoms with E-state index in [9.17, 15) is 0 Å². The van der Waals surface area contributed by atoms with Crippen LogP contribution in [0.1, 0.15) is 33.6 Å². The fourth-order valence-electron chi connectivity index (χ4n) is 2.61. The van der Waals surface area contributed by atoms with E-state index in [-0.39, 0.29) is 0 Å². The third-order valence-electron chi connectivity index (χ3n) is 3.89. The first-order valence-electron chi connectivity index (χ1n) is 6.55. The highest BCUT2D eigenvalue weighted by Crippen LogP contribution is 2.37. The summed E-state index contributed by atoms with van der Waals surface area (Å²) in [6.45, 7) is 8.84. The second kappa shape index (κ2) is 5.67. The Morgan fingerprint density at radius 3 is 2.21 bits per heavy atom. The van der Waals surface area contributed by atoms with Crippen molar-refractivity contribution in [2.45, 2.75) is 33.6 Å². The number of hydrogen-bond donors (Lipinski definition) is 0. The highest BCUT2D eigenvalue weighted by molar-refractivity contribution is 6.42. The maximum Gasteiger partial charge on any atom is 0.150 e. The largest absolute Gasteiger partial charge is 0.355 e. The van der Waals surface area contributed by atoms with Gasteiger partial charge in [0.25, 0.3) is 0 Å². The fourth-order valence-corrected chi connectivity index (χ4v) is 3.23. The van der Waals surface area contributed by atoms with Crippen LogP contribution in [0.25, 0.3) is 0 Å². The average Bonchev–Trinajstić information content (AvgIpc) is 2.33. The molecule has 0 saturated carbocycles. The maximum atomic E-state index is 6.21. The van der Waals surface area contributed by atoms with Crippen molar-refractivity contribution in [2.75, 3.05) is 18.0 Å². The van der Waals surface area contributed by atoms with E-state index < -0.39 is 0 Å². The lowest BCUT2D eigenvalue weighted by atomic mass is 9.75. The minimum atomic E-state index is 0.319. The summed E-state index contributed by atoms with van der Waals surface area (Å²) in [6.07, 6.45) is 2.31. The van der Waals surface area contributed by atoms with Gasteiger partial charge < -0.3 is 4.90 Å². The molecule has 0 N–H and O–H groups in total. The van der Waals surface area contributed by atoms with Gasteiger partial charge in [0.1, 0.15) is 11.0 Å². The molecule has 1 aliphatic heterocycles. The van der Waals surface area contributed by atoms with Crippen molar-refractivity contribution in [1.82, 2.24) is 4.98 Å². The van der Waals surface area contributed by atoms with Crippen molar-refractivity contribution < 1.29 is 0 Å². The third-order valence-corrected chi connectivity index (χ3v) is 4.84. The minimum Gasteiger partial charge on any atom is -0.355 e. The molecule has 0 aliphatic carbocycles. The topological polar surface area (TPSA) is 16.1 Å². The van der Waals surface area contributed by atoms with Crippen LogP contribution < -0.4 is 4.90 Å². The van der Waals surface area contributed by atoms with Crippen molar-refractivity contribution in [1.29, 1.82) is 0 Å². The number of rotatable bonds is 1. The van der Waals surface area contributed by atoms with Crippen molar-refractivity contribution in [3.05, 3.63) is 21.3 Å². The Hall–Kier alpha value is -0.180. The molecule has 106 valence electrons. The van der Waals surface area contributed by atoms with Crippen LogP contribution in [-0.2, 0) is 0 Å². The summed E-state index contributed by atoms with van der Waals surface area (Å²) >= 11 is 18.1. The zero-order valence-electron chi connectivity index (χ0n) is 11.5. The lowest BCUT2D eigenvalue weighted by Crippen LogP contribution is -2.38. The van der Waals surface area contributed by atoms with E-state index in [4.69, 9.17) is 34.8 Å². The number of nitrogens with zero attached hydrogens (tertiary/aromatic N) is 2. The summed E-state index contributed by atoms with van der Waals surface area (Å²) in [6, 6.07) is 1.67. The van der Waals surface area contributed by atoms with Crippen molar-refractivity contribution >= 4 is 40.6 Å². The molecular formula is C14H19Cl3N2. The summed E-state index contributed by atoms with van der Waals surface area (Å²) in [5.41, 5.74) is 0.362. The number of hydrogen-bond acceptors (Lipinski definition) is 2. The highest BCUT2D eigenvalue weighted by atomic mass is 35.5. The molecule has 2 heterocycles. The maximum absolute atomic E-state index is 6.21. The first-order chi connectivity index (χ1) is 8.79. The molecule has 2 rings (SSSR count). The quantitative estimate of drug-likeness (QED) is 0.652. The lowest BCUT2D eigenvalue weighted by molar-refractivity contribution is 0.198. The molecule has 0 aromatic carbocycles. The van der Waals surface area contributed by atoms with Gasteiger partial charge >= 0.3 is 0 Å². The number of halogens is 3. The molecule has 19 heavy (non-hydrogen) atoms.